The molecule has 1 aliphatic heterocycles. The number of hydrogen-bond acceptors (Lipinski definition) is 7. The number of nitrogens with zero attached hydrogens (tertiary/aromatic N) is 4. The second-order valence-electron chi connectivity index (χ2n) is 5.51. The number of amidine groups is 1. The van der Waals surface area contributed by atoms with Crippen LogP contribution >= 0.6 is 11.3 Å². The highest BCUT2D eigenvalue weighted by atomic mass is 32.1. The van der Waals surface area contributed by atoms with Crippen molar-refractivity contribution in [3.05, 3.63) is 40.2 Å². The first-order chi connectivity index (χ1) is 12.1. The summed E-state index contributed by atoms with van der Waals surface area (Å²) < 4.78 is 26.1. The van der Waals surface area contributed by atoms with Crippen LogP contribution in [0.15, 0.2) is 34.7 Å². The van der Waals surface area contributed by atoms with Crippen LogP contribution in [0.3, 0.4) is 0 Å². The molecule has 0 aliphatic carbocycles. The summed E-state index contributed by atoms with van der Waals surface area (Å²) >= 11 is 1.43. The zero-order chi connectivity index (χ0) is 17.8. The minimum absolute atomic E-state index is 0.186. The van der Waals surface area contributed by atoms with Gasteiger partial charge in [-0.3, -0.25) is 4.99 Å². The lowest BCUT2D eigenvalue weighted by Gasteiger charge is -2.23. The van der Waals surface area contributed by atoms with Gasteiger partial charge in [0, 0.05) is 53.7 Å². The van der Waals surface area contributed by atoms with Crippen LogP contribution in [0.25, 0.3) is 5.57 Å². The lowest BCUT2D eigenvalue weighted by Crippen LogP contribution is -2.31. The third-order valence-corrected chi connectivity index (χ3v) is 4.60. The molecule has 0 bridgehead atoms. The minimum atomic E-state index is -2.72. The summed E-state index contributed by atoms with van der Waals surface area (Å²) in [6.07, 6.45) is 4.64. The average molecular weight is 369 g/mol. The molecule has 0 fully saturated rings. The van der Waals surface area contributed by atoms with Gasteiger partial charge in [0.2, 0.25) is 0 Å². The molecule has 3 heterocycles. The van der Waals surface area contributed by atoms with Crippen molar-refractivity contribution >= 4 is 22.7 Å². The number of allylic oxidation sites excluding steroid dienone is 1. The number of thiazole rings is 1. The maximum absolute atomic E-state index is 12.8. The van der Waals surface area contributed by atoms with Crippen LogP contribution in [0, 0.1) is 5.92 Å². The Kier molecular flexibility index (Phi) is 5.51. The zero-order valence-corrected chi connectivity index (χ0v) is 14.0. The van der Waals surface area contributed by atoms with Crippen molar-refractivity contribution in [2.24, 2.45) is 10.9 Å². The van der Waals surface area contributed by atoms with Gasteiger partial charge in [-0.2, -0.15) is 13.9 Å². The fourth-order valence-corrected chi connectivity index (χ4v) is 3.09. The Morgan fingerprint density at radius 2 is 2.12 bits per heavy atom. The van der Waals surface area contributed by atoms with Crippen molar-refractivity contribution in [1.82, 2.24) is 20.1 Å². The normalized spacial score (nSPS) is 15.0. The summed E-state index contributed by atoms with van der Waals surface area (Å²) in [5.41, 5.74) is 1.94. The first kappa shape index (κ1) is 17.6. The number of alkyl halides is 2. The Balaban J connectivity index is 1.91. The second-order valence-corrected chi connectivity index (χ2v) is 6.40. The molecule has 0 spiro atoms. The van der Waals surface area contributed by atoms with Crippen molar-refractivity contribution in [1.29, 1.82) is 0 Å². The van der Waals surface area contributed by atoms with Crippen LogP contribution in [0.4, 0.5) is 8.78 Å². The Bertz CT molecular complexity index is 769. The zero-order valence-electron chi connectivity index (χ0n) is 13.1. The van der Waals surface area contributed by atoms with E-state index in [1.807, 2.05) is 5.38 Å². The molecule has 134 valence electrons. The second kappa shape index (κ2) is 7.81. The van der Waals surface area contributed by atoms with Crippen molar-refractivity contribution in [3.63, 3.8) is 0 Å². The highest BCUT2D eigenvalue weighted by molar-refractivity contribution is 7.11. The van der Waals surface area contributed by atoms with Crippen molar-refractivity contribution in [2.75, 3.05) is 19.8 Å². The molecule has 7 nitrogen and oxygen atoms in total. The molecule has 0 radical (unpaired) electrons. The fourth-order valence-electron chi connectivity index (χ4n) is 2.49. The summed E-state index contributed by atoms with van der Waals surface area (Å²) in [6.45, 7) is -2.81. The summed E-state index contributed by atoms with van der Waals surface area (Å²) in [5, 5.41) is 28.1. The molecule has 0 amide bonds. The molecule has 10 heteroatoms. The smallest absolute Gasteiger partial charge is 0.333 e. The molecule has 2 aromatic rings. The molecule has 0 unspecified atom stereocenters. The van der Waals surface area contributed by atoms with Gasteiger partial charge in [0.15, 0.2) is 10.8 Å². The van der Waals surface area contributed by atoms with Crippen LogP contribution in [0.1, 0.15) is 23.5 Å². The van der Waals surface area contributed by atoms with Crippen LogP contribution in [0.2, 0.25) is 0 Å². The quantitative estimate of drug-likeness (QED) is 0.687. The molecule has 0 saturated heterocycles. The van der Waals surface area contributed by atoms with Gasteiger partial charge >= 0.3 is 6.55 Å². The van der Waals surface area contributed by atoms with Crippen LogP contribution < -0.4 is 5.32 Å². The molecule has 3 N–H and O–H groups in total. The van der Waals surface area contributed by atoms with Gasteiger partial charge in [0.25, 0.3) is 0 Å². The maximum atomic E-state index is 12.8. The lowest BCUT2D eigenvalue weighted by molar-refractivity contribution is 0.0566. The Morgan fingerprint density at radius 3 is 2.72 bits per heavy atom. The van der Waals surface area contributed by atoms with E-state index in [4.69, 9.17) is 0 Å². The van der Waals surface area contributed by atoms with Crippen molar-refractivity contribution < 1.29 is 19.0 Å². The van der Waals surface area contributed by atoms with Crippen molar-refractivity contribution in [3.8, 4) is 0 Å². The van der Waals surface area contributed by atoms with E-state index in [1.54, 1.807) is 6.20 Å². The van der Waals surface area contributed by atoms with E-state index in [2.05, 4.69) is 20.4 Å². The molecule has 3 rings (SSSR count). The van der Waals surface area contributed by atoms with Gasteiger partial charge in [-0.25, -0.2) is 9.67 Å². The third-order valence-electron chi connectivity index (χ3n) is 3.82. The molecule has 25 heavy (non-hydrogen) atoms. The molecule has 1 aliphatic rings. The average Bonchev–Trinajstić information content (AvgIpc) is 3.31. The minimum Gasteiger partial charge on any atom is -0.396 e. The van der Waals surface area contributed by atoms with Crippen LogP contribution in [-0.2, 0) is 0 Å². The first-order valence-corrected chi connectivity index (χ1v) is 8.48. The standard InChI is InChI=1S/C15H17F2N5O2S/c16-15(17)22-6-10(4-20-22)11-5-19-13(14-18-1-2-25-14)21-12(11)3-9(7-23)8-24/h1-2,4,6,9,15,23-24H,3,5,7-8H2,(H,19,21). The lowest BCUT2D eigenvalue weighted by atomic mass is 9.97. The summed E-state index contributed by atoms with van der Waals surface area (Å²) in [4.78, 5) is 8.65. The molecular formula is C15H17F2N5O2S. The summed E-state index contributed by atoms with van der Waals surface area (Å²) in [5.74, 6) is 0.225. The molecule has 0 atom stereocenters. The highest BCUT2D eigenvalue weighted by Crippen LogP contribution is 2.27. The predicted molar refractivity (Wildman–Crippen MR) is 89.3 cm³/mol. The Morgan fingerprint density at radius 1 is 1.32 bits per heavy atom. The number of aromatic nitrogens is 3. The number of nitrogens with one attached hydrogen (secondary N) is 1. The van der Waals surface area contributed by atoms with E-state index in [9.17, 15) is 19.0 Å². The predicted octanol–water partition coefficient (Wildman–Crippen LogP) is 1.49. The Hall–Kier alpha value is -2.17. The topological polar surface area (TPSA) is 95.6 Å². The van der Waals surface area contributed by atoms with E-state index >= 15 is 0 Å². The first-order valence-electron chi connectivity index (χ1n) is 7.60. The van der Waals surface area contributed by atoms with Gasteiger partial charge in [0.05, 0.1) is 12.7 Å². The van der Waals surface area contributed by atoms with Crippen LogP contribution in [-0.4, -0.2) is 50.6 Å². The van der Waals surface area contributed by atoms with Gasteiger partial charge in [-0.15, -0.1) is 11.3 Å². The summed E-state index contributed by atoms with van der Waals surface area (Å²) in [6, 6.07) is 0. The largest absolute Gasteiger partial charge is 0.396 e. The third kappa shape index (κ3) is 3.91. The van der Waals surface area contributed by atoms with Gasteiger partial charge in [-0.1, -0.05) is 0 Å². The van der Waals surface area contributed by atoms with E-state index in [0.717, 1.165) is 0 Å². The van der Waals surface area contributed by atoms with Crippen LogP contribution in [0.5, 0.6) is 0 Å². The molecule has 0 aromatic carbocycles. The number of aliphatic hydroxyl groups excluding tert-OH is 2. The van der Waals surface area contributed by atoms with E-state index in [0.29, 0.717) is 38.8 Å². The van der Waals surface area contributed by atoms with E-state index in [-0.39, 0.29) is 25.7 Å². The monoisotopic (exact) mass is 369 g/mol. The highest BCUT2D eigenvalue weighted by Gasteiger charge is 2.23. The number of aliphatic imine (C=N–C) groups is 1. The van der Waals surface area contributed by atoms with Gasteiger partial charge in [-0.05, 0) is 6.42 Å². The fraction of sp³-hybridized carbons (Fsp3) is 0.400. The van der Waals surface area contributed by atoms with E-state index in [1.165, 1.54) is 23.7 Å². The molecule has 2 aromatic heterocycles. The molecule has 0 saturated carbocycles. The van der Waals surface area contributed by atoms with E-state index < -0.39 is 6.55 Å². The summed E-state index contributed by atoms with van der Waals surface area (Å²) in [7, 11) is 0. The van der Waals surface area contributed by atoms with Crippen molar-refractivity contribution in [2.45, 2.75) is 13.0 Å². The number of halogens is 2. The maximum Gasteiger partial charge on any atom is 0.333 e. The van der Waals surface area contributed by atoms with Gasteiger partial charge in [0.1, 0.15) is 0 Å². The SMILES string of the molecule is OCC(CO)CC1=C(c2cnn(C(F)F)c2)CN=C(c2nccs2)N1. The Labute approximate surface area is 146 Å². The number of rotatable bonds is 7. The number of aliphatic hydroxyl groups is 2. The van der Waals surface area contributed by atoms with Gasteiger partial charge < -0.3 is 15.5 Å². The number of hydrogen-bond donors (Lipinski definition) is 3. The molecular weight excluding hydrogens is 352 g/mol.